The SMILES string of the molecule is CC(C)(O)C1(N)CC(C(=O)O)C1. The van der Waals surface area contributed by atoms with E-state index in [9.17, 15) is 9.90 Å². The van der Waals surface area contributed by atoms with Crippen LogP contribution in [-0.2, 0) is 4.79 Å². The Kier molecular flexibility index (Phi) is 1.92. The van der Waals surface area contributed by atoms with E-state index in [0.717, 1.165) is 0 Å². The third kappa shape index (κ3) is 1.32. The third-order valence-corrected chi connectivity index (χ3v) is 2.79. The summed E-state index contributed by atoms with van der Waals surface area (Å²) in [6.07, 6.45) is 0.734. The average molecular weight is 173 g/mol. The maximum Gasteiger partial charge on any atom is 0.306 e. The van der Waals surface area contributed by atoms with Crippen LogP contribution in [0.15, 0.2) is 0 Å². The molecule has 0 unspecified atom stereocenters. The quantitative estimate of drug-likeness (QED) is 0.546. The van der Waals surface area contributed by atoms with Crippen LogP contribution in [-0.4, -0.2) is 27.3 Å². The Morgan fingerprint density at radius 1 is 1.58 bits per heavy atom. The topological polar surface area (TPSA) is 83.5 Å². The molecule has 1 saturated carbocycles. The maximum absolute atomic E-state index is 10.5. The van der Waals surface area contributed by atoms with E-state index >= 15 is 0 Å². The zero-order valence-electron chi connectivity index (χ0n) is 7.37. The summed E-state index contributed by atoms with van der Waals surface area (Å²) in [7, 11) is 0. The molecule has 70 valence electrons. The number of rotatable bonds is 2. The van der Waals surface area contributed by atoms with Gasteiger partial charge in [0.1, 0.15) is 0 Å². The van der Waals surface area contributed by atoms with Gasteiger partial charge in [-0.05, 0) is 26.7 Å². The van der Waals surface area contributed by atoms with Crippen molar-refractivity contribution in [3.63, 3.8) is 0 Å². The molecule has 12 heavy (non-hydrogen) atoms. The molecule has 1 aliphatic carbocycles. The van der Waals surface area contributed by atoms with E-state index in [2.05, 4.69) is 0 Å². The van der Waals surface area contributed by atoms with Crippen molar-refractivity contribution in [1.82, 2.24) is 0 Å². The predicted octanol–water partition coefficient (Wildman–Crippen LogP) is -0.0506. The second-order valence-corrected chi connectivity index (χ2v) is 4.16. The molecule has 0 aromatic carbocycles. The van der Waals surface area contributed by atoms with Crippen LogP contribution in [0.1, 0.15) is 26.7 Å². The summed E-state index contributed by atoms with van der Waals surface area (Å²) in [6, 6.07) is 0. The highest BCUT2D eigenvalue weighted by Crippen LogP contribution is 2.42. The van der Waals surface area contributed by atoms with Crippen molar-refractivity contribution in [2.75, 3.05) is 0 Å². The number of aliphatic carboxylic acids is 1. The summed E-state index contributed by atoms with van der Waals surface area (Å²) in [6.45, 7) is 3.23. The smallest absolute Gasteiger partial charge is 0.306 e. The minimum atomic E-state index is -0.987. The zero-order chi connectivity index (χ0) is 9.57. The van der Waals surface area contributed by atoms with Crippen molar-refractivity contribution in [2.45, 2.75) is 37.8 Å². The van der Waals surface area contributed by atoms with Crippen molar-refractivity contribution >= 4 is 5.97 Å². The van der Waals surface area contributed by atoms with Crippen LogP contribution in [0, 0.1) is 5.92 Å². The molecule has 0 bridgehead atoms. The molecule has 0 spiro atoms. The summed E-state index contributed by atoms with van der Waals surface area (Å²) in [5, 5.41) is 18.2. The standard InChI is InChI=1S/C8H15NO3/c1-7(2,12)8(9)3-5(4-8)6(10)11/h5,12H,3-4,9H2,1-2H3,(H,10,11). The van der Waals surface area contributed by atoms with Crippen molar-refractivity contribution < 1.29 is 15.0 Å². The predicted molar refractivity (Wildman–Crippen MR) is 43.6 cm³/mol. The van der Waals surface area contributed by atoms with E-state index < -0.39 is 17.1 Å². The lowest BCUT2D eigenvalue weighted by molar-refractivity contribution is -0.153. The molecule has 1 rings (SSSR count). The van der Waals surface area contributed by atoms with Crippen molar-refractivity contribution in [3.05, 3.63) is 0 Å². The Morgan fingerprint density at radius 2 is 2.00 bits per heavy atom. The van der Waals surface area contributed by atoms with Gasteiger partial charge in [0.25, 0.3) is 0 Å². The number of carbonyl (C=O) groups is 1. The van der Waals surface area contributed by atoms with E-state index in [4.69, 9.17) is 10.8 Å². The number of hydrogen-bond donors (Lipinski definition) is 3. The first-order valence-corrected chi connectivity index (χ1v) is 4.00. The van der Waals surface area contributed by atoms with Crippen LogP contribution in [0.5, 0.6) is 0 Å². The molecule has 0 heterocycles. The molecule has 4 N–H and O–H groups in total. The Labute approximate surface area is 71.4 Å². The number of aliphatic hydroxyl groups is 1. The van der Waals surface area contributed by atoms with Crippen molar-refractivity contribution in [2.24, 2.45) is 11.7 Å². The van der Waals surface area contributed by atoms with Gasteiger partial charge in [-0.1, -0.05) is 0 Å². The van der Waals surface area contributed by atoms with Crippen LogP contribution >= 0.6 is 0 Å². The minimum absolute atomic E-state index is 0.367. The molecule has 0 aromatic rings. The van der Waals surface area contributed by atoms with Gasteiger partial charge in [-0.2, -0.15) is 0 Å². The second-order valence-electron chi connectivity index (χ2n) is 4.16. The molecule has 0 aromatic heterocycles. The summed E-state index contributed by atoms with van der Waals surface area (Å²) in [5.74, 6) is -1.19. The molecule has 0 radical (unpaired) electrons. The Morgan fingerprint density at radius 3 is 2.25 bits per heavy atom. The first-order valence-electron chi connectivity index (χ1n) is 4.00. The average Bonchev–Trinajstić information content (AvgIpc) is 1.77. The summed E-state index contributed by atoms with van der Waals surface area (Å²) >= 11 is 0. The van der Waals surface area contributed by atoms with Crippen molar-refractivity contribution in [1.29, 1.82) is 0 Å². The molecule has 4 heteroatoms. The fourth-order valence-electron chi connectivity index (χ4n) is 1.49. The number of hydrogen-bond acceptors (Lipinski definition) is 3. The minimum Gasteiger partial charge on any atom is -0.481 e. The highest BCUT2D eigenvalue weighted by atomic mass is 16.4. The first-order chi connectivity index (χ1) is 5.26. The van der Waals surface area contributed by atoms with Gasteiger partial charge < -0.3 is 15.9 Å². The van der Waals surface area contributed by atoms with E-state index in [1.165, 1.54) is 0 Å². The molecule has 0 saturated heterocycles. The van der Waals surface area contributed by atoms with Gasteiger partial charge >= 0.3 is 5.97 Å². The van der Waals surface area contributed by atoms with E-state index in [1.807, 2.05) is 0 Å². The van der Waals surface area contributed by atoms with Gasteiger partial charge in [-0.3, -0.25) is 4.79 Å². The lowest BCUT2D eigenvalue weighted by Crippen LogP contribution is -2.66. The van der Waals surface area contributed by atoms with Gasteiger partial charge in [0.15, 0.2) is 0 Å². The highest BCUT2D eigenvalue weighted by molar-refractivity contribution is 5.72. The van der Waals surface area contributed by atoms with Crippen LogP contribution < -0.4 is 5.73 Å². The largest absolute Gasteiger partial charge is 0.481 e. The highest BCUT2D eigenvalue weighted by Gasteiger charge is 2.52. The van der Waals surface area contributed by atoms with Crippen LogP contribution in [0.4, 0.5) is 0 Å². The number of nitrogens with two attached hydrogens (primary N) is 1. The van der Waals surface area contributed by atoms with Gasteiger partial charge in [0, 0.05) is 5.54 Å². The lowest BCUT2D eigenvalue weighted by Gasteiger charge is -2.50. The maximum atomic E-state index is 10.5. The fraction of sp³-hybridized carbons (Fsp3) is 0.875. The monoisotopic (exact) mass is 173 g/mol. The molecular weight excluding hydrogens is 158 g/mol. The van der Waals surface area contributed by atoms with Gasteiger partial charge in [0.2, 0.25) is 0 Å². The van der Waals surface area contributed by atoms with Crippen LogP contribution in [0.25, 0.3) is 0 Å². The normalized spacial score (nSPS) is 35.8. The number of carboxylic acids is 1. The molecule has 0 amide bonds. The number of carboxylic acid groups (broad SMARTS) is 1. The van der Waals surface area contributed by atoms with E-state index in [-0.39, 0.29) is 5.92 Å². The summed E-state index contributed by atoms with van der Waals surface area (Å²) < 4.78 is 0. The molecule has 1 fully saturated rings. The van der Waals surface area contributed by atoms with E-state index in [1.54, 1.807) is 13.8 Å². The van der Waals surface area contributed by atoms with Crippen molar-refractivity contribution in [3.8, 4) is 0 Å². The summed E-state index contributed by atoms with van der Waals surface area (Å²) in [4.78, 5) is 10.5. The molecule has 0 atom stereocenters. The third-order valence-electron chi connectivity index (χ3n) is 2.79. The molecule has 1 aliphatic rings. The second kappa shape index (κ2) is 2.44. The molecular formula is C8H15NO3. The van der Waals surface area contributed by atoms with Crippen LogP contribution in [0.3, 0.4) is 0 Å². The van der Waals surface area contributed by atoms with E-state index in [0.29, 0.717) is 12.8 Å². The zero-order valence-corrected chi connectivity index (χ0v) is 7.37. The summed E-state index contributed by atoms with van der Waals surface area (Å²) in [5.41, 5.74) is 4.10. The van der Waals surface area contributed by atoms with Gasteiger partial charge in [0.05, 0.1) is 11.5 Å². The van der Waals surface area contributed by atoms with Gasteiger partial charge in [-0.25, -0.2) is 0 Å². The Balaban J connectivity index is 2.57. The lowest BCUT2D eigenvalue weighted by atomic mass is 9.61. The fourth-order valence-corrected chi connectivity index (χ4v) is 1.49. The Hall–Kier alpha value is -0.610. The molecule has 4 nitrogen and oxygen atoms in total. The van der Waals surface area contributed by atoms with Crippen LogP contribution in [0.2, 0.25) is 0 Å². The molecule has 0 aliphatic heterocycles. The Bertz CT molecular complexity index is 201. The van der Waals surface area contributed by atoms with Gasteiger partial charge in [-0.15, -0.1) is 0 Å². The first kappa shape index (κ1) is 9.48.